The molecule has 0 radical (unpaired) electrons. The number of hydrogen-bond donors (Lipinski definition) is 3. The van der Waals surface area contributed by atoms with Crippen LogP contribution in [0.15, 0.2) is 24.3 Å². The van der Waals surface area contributed by atoms with E-state index in [0.29, 0.717) is 24.5 Å². The number of aryl methyl sites for hydroxylation is 1. The summed E-state index contributed by atoms with van der Waals surface area (Å²) in [6, 6.07) is 7.91. The molecule has 0 spiro atoms. The third-order valence-corrected chi connectivity index (χ3v) is 4.44. The third-order valence-electron chi connectivity index (χ3n) is 3.60. The molecule has 1 aliphatic heterocycles. The second-order valence-electron chi connectivity index (χ2n) is 5.50. The molecule has 1 aromatic carbocycles. The molecule has 1 amide bonds. The lowest BCUT2D eigenvalue weighted by molar-refractivity contribution is -0.117. The van der Waals surface area contributed by atoms with Gasteiger partial charge in [-0.1, -0.05) is 41.2 Å². The summed E-state index contributed by atoms with van der Waals surface area (Å²) in [5.41, 5.74) is 2.39. The van der Waals surface area contributed by atoms with Crippen LogP contribution in [0.3, 0.4) is 0 Å². The van der Waals surface area contributed by atoms with Gasteiger partial charge in [-0.15, -0.1) is 22.6 Å². The number of carbonyl (C=O) groups excluding carboxylic acids is 1. The van der Waals surface area contributed by atoms with Gasteiger partial charge in [0.2, 0.25) is 11.0 Å². The van der Waals surface area contributed by atoms with Gasteiger partial charge < -0.3 is 10.4 Å². The number of nitrogens with one attached hydrogen (secondary N) is 2. The van der Waals surface area contributed by atoms with Crippen LogP contribution >= 0.6 is 23.7 Å². The third kappa shape index (κ3) is 4.71. The van der Waals surface area contributed by atoms with Crippen LogP contribution in [0.4, 0.5) is 5.13 Å². The number of hydrogen-bond acceptors (Lipinski definition) is 6. The molecule has 1 aromatic heterocycles. The van der Waals surface area contributed by atoms with Gasteiger partial charge in [-0.25, -0.2) is 0 Å². The fourth-order valence-electron chi connectivity index (χ4n) is 2.37. The number of aliphatic hydroxyl groups is 1. The highest BCUT2D eigenvalue weighted by Gasteiger charge is 2.28. The monoisotopic (exact) mass is 354 g/mol. The Hall–Kier alpha value is -1.54. The van der Waals surface area contributed by atoms with E-state index in [9.17, 15) is 9.90 Å². The number of rotatable bonds is 4. The van der Waals surface area contributed by atoms with Crippen molar-refractivity contribution < 1.29 is 9.90 Å². The van der Waals surface area contributed by atoms with Crippen molar-refractivity contribution in [3.8, 4) is 0 Å². The minimum atomic E-state index is -0.456. The van der Waals surface area contributed by atoms with E-state index < -0.39 is 6.10 Å². The Bertz CT molecular complexity index is 662. The Kier molecular flexibility index (Phi) is 6.06. The number of carbonyl (C=O) groups is 1. The van der Waals surface area contributed by atoms with Gasteiger partial charge in [0.1, 0.15) is 5.01 Å². The van der Waals surface area contributed by atoms with Crippen LogP contribution in [0.1, 0.15) is 22.6 Å². The number of aliphatic hydroxyl groups excluding tert-OH is 1. The lowest BCUT2D eigenvalue weighted by Gasteiger charge is -2.07. The molecular weight excluding hydrogens is 336 g/mol. The van der Waals surface area contributed by atoms with E-state index in [1.165, 1.54) is 22.5 Å². The summed E-state index contributed by atoms with van der Waals surface area (Å²) in [6.07, 6.45) is 0.678. The summed E-state index contributed by atoms with van der Waals surface area (Å²) in [5.74, 6) is -0.172. The molecule has 1 aliphatic rings. The molecule has 2 unspecified atom stereocenters. The van der Waals surface area contributed by atoms with E-state index in [1.54, 1.807) is 0 Å². The van der Waals surface area contributed by atoms with Crippen LogP contribution in [0.2, 0.25) is 0 Å². The van der Waals surface area contributed by atoms with Crippen LogP contribution in [-0.2, 0) is 11.2 Å². The number of halogens is 1. The van der Waals surface area contributed by atoms with E-state index in [2.05, 4.69) is 52.0 Å². The topological polar surface area (TPSA) is 87.1 Å². The van der Waals surface area contributed by atoms with E-state index in [-0.39, 0.29) is 24.4 Å². The normalized spacial score (nSPS) is 20.1. The fraction of sp³-hybridized carbons (Fsp3) is 0.400. The van der Waals surface area contributed by atoms with E-state index >= 15 is 0 Å². The van der Waals surface area contributed by atoms with Gasteiger partial charge in [0.25, 0.3) is 0 Å². The largest absolute Gasteiger partial charge is 0.392 e. The maximum atomic E-state index is 12.0. The molecule has 6 nitrogen and oxygen atoms in total. The molecular formula is C15H19ClN4O2S. The summed E-state index contributed by atoms with van der Waals surface area (Å²) in [6.45, 7) is 2.50. The van der Waals surface area contributed by atoms with E-state index in [0.717, 1.165) is 5.01 Å². The average Bonchev–Trinajstić information content (AvgIpc) is 3.11. The predicted octanol–water partition coefficient (Wildman–Crippen LogP) is 1.52. The summed E-state index contributed by atoms with van der Waals surface area (Å²) in [5, 5.41) is 24.6. The molecule has 0 aliphatic carbocycles. The van der Waals surface area contributed by atoms with Gasteiger partial charge in [0.15, 0.2) is 0 Å². The average molecular weight is 355 g/mol. The maximum absolute atomic E-state index is 12.0. The van der Waals surface area contributed by atoms with Gasteiger partial charge in [-0.3, -0.25) is 10.1 Å². The Labute approximate surface area is 144 Å². The minimum absolute atomic E-state index is 0. The Morgan fingerprint density at radius 1 is 1.39 bits per heavy atom. The van der Waals surface area contributed by atoms with Crippen LogP contribution in [0.5, 0.6) is 0 Å². The molecule has 1 fully saturated rings. The molecule has 2 heterocycles. The van der Waals surface area contributed by atoms with E-state index in [4.69, 9.17) is 0 Å². The predicted molar refractivity (Wildman–Crippen MR) is 92.2 cm³/mol. The molecule has 2 atom stereocenters. The molecule has 23 heavy (non-hydrogen) atoms. The summed E-state index contributed by atoms with van der Waals surface area (Å²) in [7, 11) is 0. The lowest BCUT2D eigenvalue weighted by Crippen LogP contribution is -2.35. The van der Waals surface area contributed by atoms with Gasteiger partial charge in [-0.2, -0.15) is 0 Å². The van der Waals surface area contributed by atoms with Gasteiger partial charge in [0.05, 0.1) is 12.1 Å². The van der Waals surface area contributed by atoms with Crippen LogP contribution in [0, 0.1) is 6.92 Å². The van der Waals surface area contributed by atoms with Crippen molar-refractivity contribution in [1.82, 2.24) is 15.5 Å². The highest BCUT2D eigenvalue weighted by atomic mass is 35.5. The highest BCUT2D eigenvalue weighted by Crippen LogP contribution is 2.19. The van der Waals surface area contributed by atoms with Crippen molar-refractivity contribution in [1.29, 1.82) is 0 Å². The lowest BCUT2D eigenvalue weighted by atomic mass is 10.1. The number of nitrogens with zero attached hydrogens (tertiary/aromatic N) is 2. The highest BCUT2D eigenvalue weighted by molar-refractivity contribution is 7.15. The zero-order valence-electron chi connectivity index (χ0n) is 12.7. The first-order valence-electron chi connectivity index (χ1n) is 7.20. The van der Waals surface area contributed by atoms with Crippen LogP contribution in [0.25, 0.3) is 0 Å². The number of amides is 1. The quantitative estimate of drug-likeness (QED) is 0.775. The molecule has 8 heteroatoms. The SMILES string of the molecule is Cc1ccc(Cc2nnc(NC(=O)C3CC(O)CN3)s2)cc1.Cl. The first-order chi connectivity index (χ1) is 10.6. The standard InChI is InChI=1S/C15H18N4O2S.ClH/c1-9-2-4-10(5-3-9)6-13-18-19-15(22-13)17-14(21)12-7-11(20)8-16-12;/h2-5,11-12,16,20H,6-8H2,1H3,(H,17,19,21);1H. The first-order valence-corrected chi connectivity index (χ1v) is 8.02. The summed E-state index contributed by atoms with van der Waals surface area (Å²) >= 11 is 1.38. The number of aromatic nitrogens is 2. The maximum Gasteiger partial charge on any atom is 0.243 e. The molecule has 3 N–H and O–H groups in total. The van der Waals surface area contributed by atoms with Crippen molar-refractivity contribution in [3.63, 3.8) is 0 Å². The molecule has 2 aromatic rings. The first kappa shape index (κ1) is 17.8. The van der Waals surface area contributed by atoms with Crippen molar-refractivity contribution in [2.24, 2.45) is 0 Å². The molecule has 1 saturated heterocycles. The zero-order chi connectivity index (χ0) is 15.5. The van der Waals surface area contributed by atoms with Gasteiger partial charge in [0, 0.05) is 13.0 Å². The smallest absolute Gasteiger partial charge is 0.243 e. The Morgan fingerprint density at radius 2 is 2.13 bits per heavy atom. The van der Waals surface area contributed by atoms with Crippen molar-refractivity contribution in [2.45, 2.75) is 31.9 Å². The molecule has 0 saturated carbocycles. The second kappa shape index (κ2) is 7.83. The number of anilines is 1. The van der Waals surface area contributed by atoms with E-state index in [1.807, 2.05) is 0 Å². The zero-order valence-corrected chi connectivity index (χ0v) is 14.3. The fourth-order valence-corrected chi connectivity index (χ4v) is 3.14. The van der Waals surface area contributed by atoms with Gasteiger partial charge in [-0.05, 0) is 18.9 Å². The van der Waals surface area contributed by atoms with Crippen molar-refractivity contribution in [2.75, 3.05) is 11.9 Å². The Balaban J connectivity index is 0.00000192. The molecule has 124 valence electrons. The second-order valence-corrected chi connectivity index (χ2v) is 6.57. The summed E-state index contributed by atoms with van der Waals surface area (Å²) < 4.78 is 0. The van der Waals surface area contributed by atoms with Crippen LogP contribution < -0.4 is 10.6 Å². The summed E-state index contributed by atoms with van der Waals surface area (Å²) in [4.78, 5) is 12.0. The van der Waals surface area contributed by atoms with Crippen molar-refractivity contribution in [3.05, 3.63) is 40.4 Å². The van der Waals surface area contributed by atoms with Crippen molar-refractivity contribution >= 4 is 34.8 Å². The number of β-amino-alcohol motifs (C(OH)–C–C–N with tert-alkyl or cyclic N) is 1. The van der Waals surface area contributed by atoms with Crippen LogP contribution in [-0.4, -0.2) is 39.9 Å². The minimum Gasteiger partial charge on any atom is -0.392 e. The molecule has 3 rings (SSSR count). The Morgan fingerprint density at radius 3 is 2.78 bits per heavy atom. The number of benzene rings is 1. The van der Waals surface area contributed by atoms with Gasteiger partial charge >= 0.3 is 0 Å². The molecule has 0 bridgehead atoms.